The standard InChI is InChI=1S/C38H64N4O8/c1-35(2,3)47-31(43)25-39-18-19-40(26-32(44)48-36(4,5)6)22-23-42(28-34(46)50-38(10,11)12)30(29-16-14-13-15-17-29)24-41(21-20-39)27-33(45)49-37(7,8)9/h13-17,30H,18-28H2,1-12H3. The molecule has 1 aromatic carbocycles. The van der Waals surface area contributed by atoms with Crippen LogP contribution in [-0.2, 0) is 38.1 Å². The summed E-state index contributed by atoms with van der Waals surface area (Å²) >= 11 is 0. The zero-order chi connectivity index (χ0) is 37.9. The van der Waals surface area contributed by atoms with Crippen LogP contribution in [-0.4, -0.2) is 138 Å². The van der Waals surface area contributed by atoms with Crippen molar-refractivity contribution in [3.05, 3.63) is 35.9 Å². The average Bonchev–Trinajstić information content (AvgIpc) is 2.90. The molecule has 0 radical (unpaired) electrons. The number of hydrogen-bond acceptors (Lipinski definition) is 12. The number of benzene rings is 1. The molecular formula is C38H64N4O8. The topological polar surface area (TPSA) is 118 Å². The van der Waals surface area contributed by atoms with E-state index in [-0.39, 0.29) is 56.1 Å². The van der Waals surface area contributed by atoms with E-state index in [2.05, 4.69) is 4.90 Å². The second kappa shape index (κ2) is 18.4. The largest absolute Gasteiger partial charge is 0.459 e. The van der Waals surface area contributed by atoms with Gasteiger partial charge < -0.3 is 18.9 Å². The van der Waals surface area contributed by atoms with Crippen LogP contribution in [0.1, 0.15) is 94.7 Å². The Morgan fingerprint density at radius 1 is 0.500 bits per heavy atom. The SMILES string of the molecule is CC(C)(C)OC(=O)CN1CCN(CC(=O)OC(C)(C)C)CCN(CC(=O)OC(C)(C)C)C(c2ccccc2)CN(CC(=O)OC(C)(C)C)CC1. The van der Waals surface area contributed by atoms with Gasteiger partial charge in [0.2, 0.25) is 0 Å². The monoisotopic (exact) mass is 704 g/mol. The highest BCUT2D eigenvalue weighted by Crippen LogP contribution is 2.24. The van der Waals surface area contributed by atoms with Crippen molar-refractivity contribution in [2.24, 2.45) is 0 Å². The third-order valence-corrected chi connectivity index (χ3v) is 7.30. The minimum absolute atomic E-state index is 0.00214. The number of nitrogens with zero attached hydrogens (tertiary/aromatic N) is 4. The lowest BCUT2D eigenvalue weighted by Gasteiger charge is -2.39. The molecule has 0 saturated carbocycles. The summed E-state index contributed by atoms with van der Waals surface area (Å²) in [5.74, 6) is -1.44. The van der Waals surface area contributed by atoms with E-state index in [9.17, 15) is 19.2 Å². The van der Waals surface area contributed by atoms with Crippen LogP contribution in [0.2, 0.25) is 0 Å². The van der Waals surface area contributed by atoms with Crippen LogP contribution in [0.5, 0.6) is 0 Å². The Kier molecular flexibility index (Phi) is 15.9. The number of carbonyl (C=O) groups is 4. The van der Waals surface area contributed by atoms with Gasteiger partial charge in [0.15, 0.2) is 0 Å². The summed E-state index contributed by atoms with van der Waals surface area (Å²) in [6.45, 7) is 25.1. The minimum atomic E-state index is -0.672. The third kappa shape index (κ3) is 18.8. The molecule has 2 rings (SSSR count). The molecule has 284 valence electrons. The summed E-state index contributed by atoms with van der Waals surface area (Å²) in [4.78, 5) is 60.8. The highest BCUT2D eigenvalue weighted by Gasteiger charge is 2.31. The Bertz CT molecular complexity index is 1240. The highest BCUT2D eigenvalue weighted by molar-refractivity contribution is 5.73. The summed E-state index contributed by atoms with van der Waals surface area (Å²) in [6.07, 6.45) is 0. The average molecular weight is 705 g/mol. The molecule has 1 heterocycles. The molecule has 12 nitrogen and oxygen atoms in total. The first-order valence-corrected chi connectivity index (χ1v) is 17.7. The van der Waals surface area contributed by atoms with Gasteiger partial charge in [0.25, 0.3) is 0 Å². The van der Waals surface area contributed by atoms with E-state index in [4.69, 9.17) is 18.9 Å². The van der Waals surface area contributed by atoms with Crippen LogP contribution < -0.4 is 0 Å². The third-order valence-electron chi connectivity index (χ3n) is 7.30. The van der Waals surface area contributed by atoms with Crippen molar-refractivity contribution in [1.82, 2.24) is 19.6 Å². The maximum Gasteiger partial charge on any atom is 0.320 e. The second-order valence-corrected chi connectivity index (χ2v) is 17.0. The lowest BCUT2D eigenvalue weighted by atomic mass is 10.0. The fourth-order valence-electron chi connectivity index (χ4n) is 5.52. The first-order chi connectivity index (χ1) is 22.9. The maximum atomic E-state index is 13.4. The lowest BCUT2D eigenvalue weighted by molar-refractivity contribution is -0.160. The van der Waals surface area contributed by atoms with E-state index < -0.39 is 22.4 Å². The van der Waals surface area contributed by atoms with E-state index in [1.165, 1.54) is 0 Å². The molecule has 0 N–H and O–H groups in total. The van der Waals surface area contributed by atoms with Gasteiger partial charge in [0.1, 0.15) is 22.4 Å². The number of esters is 4. The molecule has 0 aliphatic carbocycles. The molecule has 50 heavy (non-hydrogen) atoms. The van der Waals surface area contributed by atoms with E-state index in [1.807, 2.05) is 128 Å². The molecule has 1 fully saturated rings. The van der Waals surface area contributed by atoms with Crippen LogP contribution in [0.25, 0.3) is 0 Å². The van der Waals surface area contributed by atoms with Gasteiger partial charge in [-0.05, 0) is 88.6 Å². The van der Waals surface area contributed by atoms with E-state index in [0.29, 0.717) is 45.8 Å². The van der Waals surface area contributed by atoms with E-state index >= 15 is 0 Å². The molecule has 0 spiro atoms. The van der Waals surface area contributed by atoms with Crippen molar-refractivity contribution in [2.75, 3.05) is 72.0 Å². The Hall–Kier alpha value is -3.06. The molecule has 1 aliphatic heterocycles. The Morgan fingerprint density at radius 2 is 0.820 bits per heavy atom. The second-order valence-electron chi connectivity index (χ2n) is 17.0. The molecule has 0 aromatic heterocycles. The summed E-state index contributed by atoms with van der Waals surface area (Å²) < 4.78 is 22.8. The first kappa shape index (κ1) is 43.1. The number of rotatable bonds is 9. The Labute approximate surface area is 300 Å². The van der Waals surface area contributed by atoms with Crippen molar-refractivity contribution in [1.29, 1.82) is 0 Å². The van der Waals surface area contributed by atoms with Crippen molar-refractivity contribution < 1.29 is 38.1 Å². The predicted molar refractivity (Wildman–Crippen MR) is 193 cm³/mol. The summed E-state index contributed by atoms with van der Waals surface area (Å²) in [5, 5.41) is 0. The summed E-state index contributed by atoms with van der Waals surface area (Å²) in [6, 6.07) is 9.54. The first-order valence-electron chi connectivity index (χ1n) is 17.7. The van der Waals surface area contributed by atoms with E-state index in [1.54, 1.807) is 0 Å². The van der Waals surface area contributed by atoms with Gasteiger partial charge in [-0.15, -0.1) is 0 Å². The van der Waals surface area contributed by atoms with E-state index in [0.717, 1.165) is 5.56 Å². The van der Waals surface area contributed by atoms with Crippen LogP contribution in [0.15, 0.2) is 30.3 Å². The minimum Gasteiger partial charge on any atom is -0.459 e. The number of ether oxygens (including phenoxy) is 4. The molecule has 1 aromatic rings. The van der Waals surface area contributed by atoms with Gasteiger partial charge in [-0.25, -0.2) is 0 Å². The number of carbonyl (C=O) groups excluding carboxylic acids is 4. The van der Waals surface area contributed by atoms with Crippen molar-refractivity contribution >= 4 is 23.9 Å². The van der Waals surface area contributed by atoms with Crippen LogP contribution in [0.4, 0.5) is 0 Å². The zero-order valence-corrected chi connectivity index (χ0v) is 32.8. The maximum absolute atomic E-state index is 13.4. The van der Waals surface area contributed by atoms with Gasteiger partial charge in [0, 0.05) is 51.9 Å². The zero-order valence-electron chi connectivity index (χ0n) is 32.8. The number of hydrogen-bond donors (Lipinski definition) is 0. The van der Waals surface area contributed by atoms with Gasteiger partial charge >= 0.3 is 23.9 Å². The molecule has 1 aliphatic rings. The molecule has 0 bridgehead atoms. The van der Waals surface area contributed by atoms with Gasteiger partial charge in [-0.3, -0.25) is 38.8 Å². The Morgan fingerprint density at radius 3 is 1.20 bits per heavy atom. The summed E-state index contributed by atoms with van der Waals surface area (Å²) in [5.41, 5.74) is -1.66. The molecular weight excluding hydrogens is 640 g/mol. The fourth-order valence-corrected chi connectivity index (χ4v) is 5.52. The predicted octanol–water partition coefficient (Wildman–Crippen LogP) is 4.32. The van der Waals surface area contributed by atoms with Crippen molar-refractivity contribution in [3.63, 3.8) is 0 Å². The highest BCUT2D eigenvalue weighted by atomic mass is 16.6. The van der Waals surface area contributed by atoms with Crippen LogP contribution in [0, 0.1) is 0 Å². The van der Waals surface area contributed by atoms with Gasteiger partial charge in [0.05, 0.1) is 26.2 Å². The van der Waals surface area contributed by atoms with Crippen LogP contribution in [0.3, 0.4) is 0 Å². The van der Waals surface area contributed by atoms with Gasteiger partial charge in [-0.1, -0.05) is 30.3 Å². The molecule has 0 amide bonds. The molecule has 1 unspecified atom stereocenters. The molecule has 1 atom stereocenters. The smallest absolute Gasteiger partial charge is 0.320 e. The lowest BCUT2D eigenvalue weighted by Crippen LogP contribution is -2.51. The van der Waals surface area contributed by atoms with Crippen molar-refractivity contribution in [2.45, 2.75) is 112 Å². The quantitative estimate of drug-likeness (QED) is 0.269. The molecule has 12 heteroatoms. The molecule has 1 saturated heterocycles. The normalized spacial score (nSPS) is 18.8. The summed E-state index contributed by atoms with van der Waals surface area (Å²) in [7, 11) is 0. The van der Waals surface area contributed by atoms with Crippen LogP contribution >= 0.6 is 0 Å². The van der Waals surface area contributed by atoms with Crippen molar-refractivity contribution in [3.8, 4) is 0 Å². The fraction of sp³-hybridized carbons (Fsp3) is 0.737. The van der Waals surface area contributed by atoms with Gasteiger partial charge in [-0.2, -0.15) is 0 Å². The Balaban J connectivity index is 2.57.